The molecule has 0 amide bonds. The van der Waals surface area contributed by atoms with Gasteiger partial charge in [0.05, 0.1) is 5.56 Å². The predicted octanol–water partition coefficient (Wildman–Crippen LogP) is 3.85. The summed E-state index contributed by atoms with van der Waals surface area (Å²) in [5, 5.41) is 4.48. The molecular weight excluding hydrogens is 370 g/mol. The van der Waals surface area contributed by atoms with Crippen molar-refractivity contribution in [2.75, 3.05) is 6.79 Å². The highest BCUT2D eigenvalue weighted by Crippen LogP contribution is 2.36. The fourth-order valence-corrected chi connectivity index (χ4v) is 4.72. The average Bonchev–Trinajstić information content (AvgIpc) is 3.32. The Balaban J connectivity index is 1.30. The van der Waals surface area contributed by atoms with Crippen molar-refractivity contribution in [2.24, 2.45) is 0 Å². The van der Waals surface area contributed by atoms with E-state index in [0.29, 0.717) is 34.7 Å². The average molecular weight is 391 g/mol. The van der Waals surface area contributed by atoms with E-state index in [1.165, 1.54) is 12.8 Å². The summed E-state index contributed by atoms with van der Waals surface area (Å²) in [7, 11) is 0. The Bertz CT molecular complexity index is 1140. The molecule has 3 aliphatic rings. The molecule has 1 aromatic heterocycles. The van der Waals surface area contributed by atoms with Crippen molar-refractivity contribution in [2.45, 2.75) is 43.9 Å². The van der Waals surface area contributed by atoms with Crippen molar-refractivity contribution in [3.63, 3.8) is 0 Å². The molecule has 3 atom stereocenters. The molecule has 6 nitrogen and oxygen atoms in total. The third-order valence-corrected chi connectivity index (χ3v) is 6.12. The van der Waals surface area contributed by atoms with Gasteiger partial charge in [0.1, 0.15) is 17.4 Å². The molecule has 0 aliphatic carbocycles. The SMILES string of the molecule is O=c1oc2cc(OC3C[C@H]4CC[C@@H](C3)N4)ccc2cc1-c1ccc2c(c1)OCO2. The summed E-state index contributed by atoms with van der Waals surface area (Å²) < 4.78 is 22.6. The zero-order valence-electron chi connectivity index (χ0n) is 15.9. The van der Waals surface area contributed by atoms with Crippen molar-refractivity contribution < 1.29 is 18.6 Å². The second-order valence-electron chi connectivity index (χ2n) is 8.06. The summed E-state index contributed by atoms with van der Waals surface area (Å²) >= 11 is 0. The smallest absolute Gasteiger partial charge is 0.344 e. The lowest BCUT2D eigenvalue weighted by Crippen LogP contribution is -2.42. The van der Waals surface area contributed by atoms with Gasteiger partial charge in [-0.3, -0.25) is 0 Å². The molecule has 2 fully saturated rings. The van der Waals surface area contributed by atoms with Gasteiger partial charge in [0.25, 0.3) is 0 Å². The van der Waals surface area contributed by atoms with Crippen LogP contribution in [-0.4, -0.2) is 25.0 Å². The minimum Gasteiger partial charge on any atom is -0.490 e. The summed E-state index contributed by atoms with van der Waals surface area (Å²) in [6, 6.07) is 14.2. The molecule has 148 valence electrons. The van der Waals surface area contributed by atoms with Crippen molar-refractivity contribution in [3.8, 4) is 28.4 Å². The Morgan fingerprint density at radius 1 is 0.931 bits per heavy atom. The molecule has 0 radical (unpaired) electrons. The van der Waals surface area contributed by atoms with Gasteiger partial charge in [-0.05, 0) is 61.6 Å². The first-order valence-corrected chi connectivity index (χ1v) is 10.1. The number of hydrogen-bond acceptors (Lipinski definition) is 6. The number of ether oxygens (including phenoxy) is 3. The number of fused-ring (bicyclic) bond motifs is 4. The van der Waals surface area contributed by atoms with Gasteiger partial charge in [-0.25, -0.2) is 4.79 Å². The van der Waals surface area contributed by atoms with Crippen molar-refractivity contribution in [3.05, 3.63) is 52.9 Å². The number of piperidine rings is 1. The molecule has 2 bridgehead atoms. The largest absolute Gasteiger partial charge is 0.490 e. The Morgan fingerprint density at radius 2 is 1.76 bits per heavy atom. The van der Waals surface area contributed by atoms with E-state index in [0.717, 1.165) is 29.5 Å². The van der Waals surface area contributed by atoms with Crippen LogP contribution < -0.4 is 25.2 Å². The number of rotatable bonds is 3. The van der Waals surface area contributed by atoms with Gasteiger partial charge in [0, 0.05) is 23.5 Å². The molecule has 0 saturated carbocycles. The van der Waals surface area contributed by atoms with Crippen LogP contribution in [0.5, 0.6) is 17.2 Å². The molecule has 3 aromatic rings. The standard InChI is InChI=1S/C23H21NO5/c25-23-19(13-2-6-20-22(8-13)27-12-26-20)7-14-1-5-17(11-21(14)29-23)28-18-9-15-3-4-16(10-18)24-15/h1-2,5-8,11,15-16,18,24H,3-4,9-10,12H2/t15-,16+,18?. The summed E-state index contributed by atoms with van der Waals surface area (Å²) in [6.45, 7) is 0.201. The summed E-state index contributed by atoms with van der Waals surface area (Å²) in [5.41, 5.74) is 1.40. The minimum atomic E-state index is -0.381. The van der Waals surface area contributed by atoms with Crippen LogP contribution in [-0.2, 0) is 0 Å². The highest BCUT2D eigenvalue weighted by atomic mass is 16.7. The third-order valence-electron chi connectivity index (χ3n) is 6.12. The van der Waals surface area contributed by atoms with Crippen LogP contribution in [0.15, 0.2) is 51.7 Å². The van der Waals surface area contributed by atoms with Crippen molar-refractivity contribution >= 4 is 11.0 Å². The maximum atomic E-state index is 12.6. The van der Waals surface area contributed by atoms with Crippen LogP contribution >= 0.6 is 0 Å². The lowest BCUT2D eigenvalue weighted by molar-refractivity contribution is 0.137. The maximum Gasteiger partial charge on any atom is 0.344 e. The number of hydrogen-bond donors (Lipinski definition) is 1. The minimum absolute atomic E-state index is 0.201. The van der Waals surface area contributed by atoms with E-state index < -0.39 is 0 Å². The van der Waals surface area contributed by atoms with Crippen LogP contribution in [0.4, 0.5) is 0 Å². The quantitative estimate of drug-likeness (QED) is 0.684. The zero-order valence-corrected chi connectivity index (χ0v) is 15.9. The Kier molecular flexibility index (Phi) is 3.81. The molecule has 1 unspecified atom stereocenters. The highest BCUT2D eigenvalue weighted by molar-refractivity contribution is 5.83. The van der Waals surface area contributed by atoms with Gasteiger partial charge in [0.2, 0.25) is 6.79 Å². The second kappa shape index (κ2) is 6.52. The lowest BCUT2D eigenvalue weighted by Gasteiger charge is -2.29. The van der Waals surface area contributed by atoms with Crippen LogP contribution in [0.2, 0.25) is 0 Å². The Hall–Kier alpha value is -2.99. The van der Waals surface area contributed by atoms with Crippen LogP contribution in [0, 0.1) is 0 Å². The van der Waals surface area contributed by atoms with Gasteiger partial charge in [-0.1, -0.05) is 6.07 Å². The Morgan fingerprint density at radius 3 is 2.62 bits per heavy atom. The van der Waals surface area contributed by atoms with Crippen LogP contribution in [0.25, 0.3) is 22.1 Å². The highest BCUT2D eigenvalue weighted by Gasteiger charge is 2.34. The lowest BCUT2D eigenvalue weighted by atomic mass is 10.0. The summed E-state index contributed by atoms with van der Waals surface area (Å²) in [6.07, 6.45) is 4.74. The van der Waals surface area contributed by atoms with E-state index >= 15 is 0 Å². The Labute approximate surface area is 167 Å². The van der Waals surface area contributed by atoms with Gasteiger partial charge in [-0.2, -0.15) is 0 Å². The van der Waals surface area contributed by atoms with Gasteiger partial charge < -0.3 is 23.9 Å². The predicted molar refractivity (Wildman–Crippen MR) is 108 cm³/mol. The van der Waals surface area contributed by atoms with E-state index in [2.05, 4.69) is 5.32 Å². The zero-order chi connectivity index (χ0) is 19.4. The molecule has 6 heteroatoms. The van der Waals surface area contributed by atoms with Crippen molar-refractivity contribution in [1.29, 1.82) is 0 Å². The molecule has 6 rings (SSSR count). The normalized spacial score (nSPS) is 24.8. The van der Waals surface area contributed by atoms with Gasteiger partial charge in [-0.15, -0.1) is 0 Å². The van der Waals surface area contributed by atoms with E-state index in [1.54, 1.807) is 0 Å². The topological polar surface area (TPSA) is 69.9 Å². The van der Waals surface area contributed by atoms with E-state index in [4.69, 9.17) is 18.6 Å². The van der Waals surface area contributed by atoms with Gasteiger partial charge >= 0.3 is 5.63 Å². The number of nitrogens with one attached hydrogen (secondary N) is 1. The molecule has 3 aliphatic heterocycles. The molecule has 0 spiro atoms. The second-order valence-corrected chi connectivity index (χ2v) is 8.06. The fourth-order valence-electron chi connectivity index (χ4n) is 4.72. The van der Waals surface area contributed by atoms with Crippen LogP contribution in [0.1, 0.15) is 25.7 Å². The molecule has 29 heavy (non-hydrogen) atoms. The molecule has 4 heterocycles. The third kappa shape index (κ3) is 3.04. The van der Waals surface area contributed by atoms with E-state index in [-0.39, 0.29) is 18.5 Å². The van der Waals surface area contributed by atoms with E-state index in [1.807, 2.05) is 42.5 Å². The fraction of sp³-hybridized carbons (Fsp3) is 0.348. The summed E-state index contributed by atoms with van der Waals surface area (Å²) in [5.74, 6) is 2.08. The first-order valence-electron chi connectivity index (χ1n) is 10.1. The molecule has 2 saturated heterocycles. The molecule has 2 aromatic carbocycles. The maximum absolute atomic E-state index is 12.6. The molecule has 1 N–H and O–H groups in total. The molecular formula is C23H21NO5. The van der Waals surface area contributed by atoms with Crippen LogP contribution in [0.3, 0.4) is 0 Å². The first-order chi connectivity index (χ1) is 14.2. The monoisotopic (exact) mass is 391 g/mol. The van der Waals surface area contributed by atoms with Gasteiger partial charge in [0.15, 0.2) is 11.5 Å². The van der Waals surface area contributed by atoms with Crippen molar-refractivity contribution in [1.82, 2.24) is 5.32 Å². The number of benzene rings is 2. The first kappa shape index (κ1) is 16.9. The summed E-state index contributed by atoms with van der Waals surface area (Å²) in [4.78, 5) is 12.6. The van der Waals surface area contributed by atoms with E-state index in [9.17, 15) is 4.79 Å².